The van der Waals surface area contributed by atoms with Crippen molar-refractivity contribution in [3.8, 4) is 11.5 Å². The van der Waals surface area contributed by atoms with E-state index in [9.17, 15) is 4.79 Å². The van der Waals surface area contributed by atoms with Crippen molar-refractivity contribution in [2.24, 2.45) is 0 Å². The van der Waals surface area contributed by atoms with Gasteiger partial charge in [-0.1, -0.05) is 17.7 Å². The molecule has 6 heteroatoms. The molecule has 0 saturated carbocycles. The van der Waals surface area contributed by atoms with Crippen LogP contribution in [-0.2, 0) is 0 Å². The van der Waals surface area contributed by atoms with Crippen LogP contribution in [0.3, 0.4) is 0 Å². The number of hydrogen-bond donors (Lipinski definition) is 0. The Morgan fingerprint density at radius 2 is 2.00 bits per heavy atom. The summed E-state index contributed by atoms with van der Waals surface area (Å²) in [6, 6.07) is 3.62. The van der Waals surface area contributed by atoms with Crippen molar-refractivity contribution >= 4 is 38.9 Å². The van der Waals surface area contributed by atoms with Gasteiger partial charge in [-0.05, 0) is 6.07 Å². The van der Waals surface area contributed by atoms with E-state index in [0.717, 1.165) is 10.1 Å². The molecule has 2 rings (SSSR count). The SMILES string of the molecule is C=CCN(C)C(=O)c1sc2cc(OC)c(OC)cc2c1Cl. The number of ether oxygens (including phenoxy) is 2. The van der Waals surface area contributed by atoms with Gasteiger partial charge in [0.05, 0.1) is 19.2 Å². The van der Waals surface area contributed by atoms with Crippen molar-refractivity contribution in [3.63, 3.8) is 0 Å². The van der Waals surface area contributed by atoms with Gasteiger partial charge < -0.3 is 14.4 Å². The molecular formula is C15H16ClNO3S. The number of rotatable bonds is 5. The highest BCUT2D eigenvalue weighted by atomic mass is 35.5. The Kier molecular flexibility index (Phi) is 4.75. The second-order valence-electron chi connectivity index (χ2n) is 4.42. The van der Waals surface area contributed by atoms with Crippen LogP contribution in [0.2, 0.25) is 5.02 Å². The molecule has 0 saturated heterocycles. The number of thiophene rings is 1. The number of fused-ring (bicyclic) bond motifs is 1. The molecule has 1 aromatic carbocycles. The van der Waals surface area contributed by atoms with Crippen molar-refractivity contribution in [1.82, 2.24) is 4.90 Å². The summed E-state index contributed by atoms with van der Waals surface area (Å²) in [6.45, 7) is 4.10. The Labute approximate surface area is 132 Å². The largest absolute Gasteiger partial charge is 0.493 e. The van der Waals surface area contributed by atoms with E-state index < -0.39 is 0 Å². The van der Waals surface area contributed by atoms with E-state index in [1.165, 1.54) is 11.3 Å². The molecule has 0 unspecified atom stereocenters. The predicted molar refractivity (Wildman–Crippen MR) is 87.1 cm³/mol. The molecule has 0 atom stereocenters. The summed E-state index contributed by atoms with van der Waals surface area (Å²) in [7, 11) is 4.85. The van der Waals surface area contributed by atoms with E-state index in [2.05, 4.69) is 6.58 Å². The van der Waals surface area contributed by atoms with Crippen LogP contribution in [0.5, 0.6) is 11.5 Å². The van der Waals surface area contributed by atoms with Gasteiger partial charge in [0.15, 0.2) is 11.5 Å². The Bertz CT molecular complexity index is 696. The molecule has 0 fully saturated rings. The molecule has 0 radical (unpaired) electrons. The Balaban J connectivity index is 2.55. The van der Waals surface area contributed by atoms with E-state index in [1.54, 1.807) is 38.3 Å². The monoisotopic (exact) mass is 325 g/mol. The van der Waals surface area contributed by atoms with E-state index in [-0.39, 0.29) is 5.91 Å². The maximum atomic E-state index is 12.4. The number of carbonyl (C=O) groups is 1. The number of methoxy groups -OCH3 is 2. The predicted octanol–water partition coefficient (Wildman–Crippen LogP) is 3.83. The van der Waals surface area contributed by atoms with Crippen LogP contribution in [0.4, 0.5) is 0 Å². The third kappa shape index (κ3) is 2.84. The zero-order valence-electron chi connectivity index (χ0n) is 12.1. The highest BCUT2D eigenvalue weighted by molar-refractivity contribution is 7.21. The maximum absolute atomic E-state index is 12.4. The zero-order chi connectivity index (χ0) is 15.6. The fourth-order valence-corrected chi connectivity index (χ4v) is 3.49. The van der Waals surface area contributed by atoms with Crippen LogP contribution >= 0.6 is 22.9 Å². The zero-order valence-corrected chi connectivity index (χ0v) is 13.7. The summed E-state index contributed by atoms with van der Waals surface area (Å²) >= 11 is 7.70. The third-order valence-electron chi connectivity index (χ3n) is 3.08. The molecule has 1 heterocycles. The number of benzene rings is 1. The van der Waals surface area contributed by atoms with Crippen molar-refractivity contribution in [3.05, 3.63) is 34.7 Å². The van der Waals surface area contributed by atoms with Crippen LogP contribution in [-0.4, -0.2) is 38.6 Å². The number of likely N-dealkylation sites (N-methyl/N-ethyl adjacent to an activating group) is 1. The fraction of sp³-hybridized carbons (Fsp3) is 0.267. The molecular weight excluding hydrogens is 310 g/mol. The molecule has 0 bridgehead atoms. The topological polar surface area (TPSA) is 38.8 Å². The first-order valence-corrected chi connectivity index (χ1v) is 7.43. The lowest BCUT2D eigenvalue weighted by molar-refractivity contribution is 0.0815. The summed E-state index contributed by atoms with van der Waals surface area (Å²) in [5, 5.41) is 1.23. The minimum Gasteiger partial charge on any atom is -0.493 e. The lowest BCUT2D eigenvalue weighted by Crippen LogP contribution is -2.26. The smallest absolute Gasteiger partial charge is 0.265 e. The normalized spacial score (nSPS) is 10.5. The lowest BCUT2D eigenvalue weighted by atomic mass is 10.2. The van der Waals surface area contributed by atoms with Gasteiger partial charge >= 0.3 is 0 Å². The van der Waals surface area contributed by atoms with Gasteiger partial charge in [-0.15, -0.1) is 17.9 Å². The maximum Gasteiger partial charge on any atom is 0.265 e. The first-order valence-electron chi connectivity index (χ1n) is 6.23. The summed E-state index contributed by atoms with van der Waals surface area (Å²) in [5.74, 6) is 1.07. The number of carbonyl (C=O) groups excluding carboxylic acids is 1. The van der Waals surface area contributed by atoms with E-state index in [0.29, 0.717) is 27.9 Å². The van der Waals surface area contributed by atoms with Gasteiger partial charge in [0.1, 0.15) is 4.88 Å². The average Bonchev–Trinajstić information content (AvgIpc) is 2.81. The van der Waals surface area contributed by atoms with Crippen molar-refractivity contribution in [1.29, 1.82) is 0 Å². The minimum atomic E-state index is -0.126. The molecule has 0 spiro atoms. The van der Waals surface area contributed by atoms with Gasteiger partial charge in [-0.25, -0.2) is 0 Å². The highest BCUT2D eigenvalue weighted by Gasteiger charge is 2.21. The summed E-state index contributed by atoms with van der Waals surface area (Å²) < 4.78 is 11.4. The third-order valence-corrected chi connectivity index (χ3v) is 4.72. The molecule has 0 N–H and O–H groups in total. The van der Waals surface area contributed by atoms with E-state index in [4.69, 9.17) is 21.1 Å². The van der Waals surface area contributed by atoms with Crippen LogP contribution < -0.4 is 9.47 Å². The Morgan fingerprint density at radius 3 is 2.57 bits per heavy atom. The van der Waals surface area contributed by atoms with Crippen LogP contribution in [0.25, 0.3) is 10.1 Å². The number of nitrogens with zero attached hydrogens (tertiary/aromatic N) is 1. The number of hydrogen-bond acceptors (Lipinski definition) is 4. The first-order chi connectivity index (χ1) is 10.0. The van der Waals surface area contributed by atoms with Gasteiger partial charge in [-0.2, -0.15) is 0 Å². The van der Waals surface area contributed by atoms with Gasteiger partial charge in [-0.3, -0.25) is 4.79 Å². The molecule has 0 aliphatic carbocycles. The molecule has 1 aromatic heterocycles. The van der Waals surface area contributed by atoms with Gasteiger partial charge in [0.2, 0.25) is 0 Å². The second kappa shape index (κ2) is 6.37. The molecule has 1 amide bonds. The highest BCUT2D eigenvalue weighted by Crippen LogP contribution is 2.41. The standard InChI is InChI=1S/C15H16ClNO3S/c1-5-6-17(2)15(18)14-13(16)9-7-10(19-3)11(20-4)8-12(9)21-14/h5,7-8H,1,6H2,2-4H3. The first kappa shape index (κ1) is 15.7. The van der Waals surface area contributed by atoms with Crippen molar-refractivity contribution < 1.29 is 14.3 Å². The van der Waals surface area contributed by atoms with Crippen LogP contribution in [0.1, 0.15) is 9.67 Å². The molecule has 21 heavy (non-hydrogen) atoms. The summed E-state index contributed by atoms with van der Waals surface area (Å²) in [4.78, 5) is 14.4. The molecule has 112 valence electrons. The second-order valence-corrected chi connectivity index (χ2v) is 5.85. The molecule has 4 nitrogen and oxygen atoms in total. The fourth-order valence-electron chi connectivity index (χ4n) is 1.98. The van der Waals surface area contributed by atoms with Crippen LogP contribution in [0, 0.1) is 0 Å². The number of amides is 1. The summed E-state index contributed by atoms with van der Waals surface area (Å²) in [5.41, 5.74) is 0. The Hall–Kier alpha value is -1.72. The lowest BCUT2D eigenvalue weighted by Gasteiger charge is -2.13. The molecule has 0 aliphatic heterocycles. The van der Waals surface area contributed by atoms with Gasteiger partial charge in [0, 0.05) is 29.7 Å². The van der Waals surface area contributed by atoms with Crippen molar-refractivity contribution in [2.75, 3.05) is 27.8 Å². The average molecular weight is 326 g/mol. The molecule has 2 aromatic rings. The van der Waals surface area contributed by atoms with E-state index in [1.807, 2.05) is 6.07 Å². The van der Waals surface area contributed by atoms with Gasteiger partial charge in [0.25, 0.3) is 5.91 Å². The van der Waals surface area contributed by atoms with E-state index >= 15 is 0 Å². The minimum absolute atomic E-state index is 0.126. The van der Waals surface area contributed by atoms with Crippen molar-refractivity contribution in [2.45, 2.75) is 0 Å². The van der Waals surface area contributed by atoms with Crippen LogP contribution in [0.15, 0.2) is 24.8 Å². The summed E-state index contributed by atoms with van der Waals surface area (Å²) in [6.07, 6.45) is 1.67. The quantitative estimate of drug-likeness (QED) is 0.784. The number of halogens is 1. The molecule has 0 aliphatic rings. The Morgan fingerprint density at radius 1 is 1.38 bits per heavy atom.